The molecule has 0 unspecified atom stereocenters. The molecule has 0 aliphatic heterocycles. The molecule has 0 spiro atoms. The molecule has 5 nitrogen and oxygen atoms in total. The molecule has 1 atom stereocenters. The molecule has 0 saturated heterocycles. The van der Waals surface area contributed by atoms with Gasteiger partial charge in [0.1, 0.15) is 10.9 Å². The number of ether oxygens (including phenoxy) is 1. The Bertz CT molecular complexity index is 973. The van der Waals surface area contributed by atoms with E-state index in [1.54, 1.807) is 6.92 Å². The highest BCUT2D eigenvalue weighted by Crippen LogP contribution is 2.31. The highest BCUT2D eigenvalue weighted by atomic mass is 32.1. The minimum atomic E-state index is -0.707. The molecule has 1 aromatic carbocycles. The van der Waals surface area contributed by atoms with Crippen LogP contribution < -0.4 is 5.56 Å². The van der Waals surface area contributed by atoms with Gasteiger partial charge in [-0.05, 0) is 30.9 Å². The Hall–Kier alpha value is -2.47. The first-order chi connectivity index (χ1) is 12.6. The fourth-order valence-electron chi connectivity index (χ4n) is 2.79. The molecule has 0 bridgehead atoms. The van der Waals surface area contributed by atoms with Crippen LogP contribution >= 0.6 is 11.3 Å². The first-order valence-electron chi connectivity index (χ1n) is 8.81. The molecular formula is C20H22N2O3S. The fourth-order valence-corrected chi connectivity index (χ4v) is 3.70. The quantitative estimate of drug-likeness (QED) is 0.610. The molecule has 0 saturated carbocycles. The largest absolute Gasteiger partial charge is 0.464 e. The summed E-state index contributed by atoms with van der Waals surface area (Å²) in [6, 6.07) is 7.48. The first kappa shape index (κ1) is 18.3. The minimum absolute atomic E-state index is 0.216. The van der Waals surface area contributed by atoms with Crippen molar-refractivity contribution in [2.75, 3.05) is 6.61 Å². The maximum absolute atomic E-state index is 13.0. The lowest BCUT2D eigenvalue weighted by molar-refractivity contribution is -0.147. The molecule has 26 heavy (non-hydrogen) atoms. The lowest BCUT2D eigenvalue weighted by Gasteiger charge is -2.14. The van der Waals surface area contributed by atoms with Gasteiger partial charge in [-0.15, -0.1) is 11.3 Å². The van der Waals surface area contributed by atoms with Gasteiger partial charge in [0, 0.05) is 10.9 Å². The second-order valence-electron chi connectivity index (χ2n) is 6.18. The smallest absolute Gasteiger partial charge is 0.328 e. The van der Waals surface area contributed by atoms with Gasteiger partial charge in [-0.25, -0.2) is 9.78 Å². The normalized spacial score (nSPS) is 12.3. The van der Waals surface area contributed by atoms with Crippen LogP contribution in [0.1, 0.15) is 38.8 Å². The lowest BCUT2D eigenvalue weighted by atomic mass is 10.0. The molecule has 0 aliphatic rings. The third-order valence-electron chi connectivity index (χ3n) is 4.40. The zero-order valence-electron chi connectivity index (χ0n) is 15.2. The van der Waals surface area contributed by atoms with E-state index in [4.69, 9.17) is 4.74 Å². The summed E-state index contributed by atoms with van der Waals surface area (Å²) in [7, 11) is 0. The standard InChI is InChI=1S/C20H22N2O3S/c1-4-10-25-20(24)13(3)22-12-21-18-17(19(22)23)16(11-26-18)15-8-6-14(5-2)7-9-15/h6-9,11-13H,4-5,10H2,1-3H3/t13-/m0/s1. The molecule has 136 valence electrons. The molecule has 2 aromatic heterocycles. The second-order valence-corrected chi connectivity index (χ2v) is 7.04. The number of hydrogen-bond acceptors (Lipinski definition) is 5. The second kappa shape index (κ2) is 7.83. The molecule has 0 fully saturated rings. The van der Waals surface area contributed by atoms with Gasteiger partial charge in [-0.2, -0.15) is 0 Å². The van der Waals surface area contributed by atoms with Crippen LogP contribution in [0.25, 0.3) is 21.3 Å². The third-order valence-corrected chi connectivity index (χ3v) is 5.29. The predicted octanol–water partition coefficient (Wildman–Crippen LogP) is 4.20. The van der Waals surface area contributed by atoms with Gasteiger partial charge in [-0.1, -0.05) is 38.1 Å². The van der Waals surface area contributed by atoms with Crippen LogP contribution in [0.4, 0.5) is 0 Å². The number of aryl methyl sites for hydroxylation is 1. The number of nitrogens with zero attached hydrogens (tertiary/aromatic N) is 2. The van der Waals surface area contributed by atoms with E-state index >= 15 is 0 Å². The third kappa shape index (κ3) is 3.42. The number of benzene rings is 1. The number of fused-ring (bicyclic) bond motifs is 1. The Labute approximate surface area is 156 Å². The van der Waals surface area contributed by atoms with E-state index in [-0.39, 0.29) is 5.56 Å². The van der Waals surface area contributed by atoms with E-state index in [1.165, 1.54) is 27.8 Å². The van der Waals surface area contributed by atoms with E-state index in [2.05, 4.69) is 24.0 Å². The summed E-state index contributed by atoms with van der Waals surface area (Å²) in [6.07, 6.45) is 3.15. The number of hydrogen-bond donors (Lipinski definition) is 0. The summed E-state index contributed by atoms with van der Waals surface area (Å²) < 4.78 is 6.53. The number of rotatable bonds is 6. The molecule has 2 heterocycles. The molecule has 0 amide bonds. The van der Waals surface area contributed by atoms with E-state index in [9.17, 15) is 9.59 Å². The van der Waals surface area contributed by atoms with E-state index in [1.807, 2.05) is 24.4 Å². The Morgan fingerprint density at radius 3 is 2.65 bits per heavy atom. The van der Waals surface area contributed by atoms with Gasteiger partial charge >= 0.3 is 5.97 Å². The molecule has 3 aromatic rings. The summed E-state index contributed by atoms with van der Waals surface area (Å²) in [5.74, 6) is -0.417. The highest BCUT2D eigenvalue weighted by Gasteiger charge is 2.21. The zero-order valence-corrected chi connectivity index (χ0v) is 16.0. The van der Waals surface area contributed by atoms with E-state index < -0.39 is 12.0 Å². The summed E-state index contributed by atoms with van der Waals surface area (Å²) in [5, 5.41) is 2.50. The van der Waals surface area contributed by atoms with Crippen molar-refractivity contribution in [3.63, 3.8) is 0 Å². The van der Waals surface area contributed by atoms with Gasteiger partial charge in [0.05, 0.1) is 18.3 Å². The summed E-state index contributed by atoms with van der Waals surface area (Å²) in [4.78, 5) is 30.3. The topological polar surface area (TPSA) is 61.2 Å². The van der Waals surface area contributed by atoms with Crippen LogP contribution in [0.15, 0.2) is 40.8 Å². The van der Waals surface area contributed by atoms with Crippen LogP contribution in [-0.4, -0.2) is 22.1 Å². The van der Waals surface area contributed by atoms with Crippen LogP contribution in [0, 0.1) is 0 Å². The number of carbonyl (C=O) groups excluding carboxylic acids is 1. The highest BCUT2D eigenvalue weighted by molar-refractivity contribution is 7.17. The van der Waals surface area contributed by atoms with Crippen molar-refractivity contribution in [3.05, 3.63) is 51.9 Å². The number of aromatic nitrogens is 2. The SMILES string of the molecule is CCCOC(=O)[C@H](C)n1cnc2scc(-c3ccc(CC)cc3)c2c1=O. The number of esters is 1. The van der Waals surface area contributed by atoms with Crippen LogP contribution in [0.2, 0.25) is 0 Å². The Morgan fingerprint density at radius 2 is 2.00 bits per heavy atom. The average Bonchev–Trinajstić information content (AvgIpc) is 3.11. The maximum atomic E-state index is 13.0. The zero-order chi connectivity index (χ0) is 18.7. The van der Waals surface area contributed by atoms with Crippen molar-refractivity contribution in [3.8, 4) is 11.1 Å². The van der Waals surface area contributed by atoms with Crippen LogP contribution in [-0.2, 0) is 16.0 Å². The average molecular weight is 370 g/mol. The Morgan fingerprint density at radius 1 is 1.27 bits per heavy atom. The summed E-state index contributed by atoms with van der Waals surface area (Å²) in [6.45, 7) is 6.05. The van der Waals surface area contributed by atoms with Crippen molar-refractivity contribution >= 4 is 27.5 Å². The van der Waals surface area contributed by atoms with Crippen molar-refractivity contribution < 1.29 is 9.53 Å². The summed E-state index contributed by atoms with van der Waals surface area (Å²) in [5.41, 5.74) is 2.86. The lowest BCUT2D eigenvalue weighted by Crippen LogP contribution is -2.29. The Balaban J connectivity index is 2.05. The number of carbonyl (C=O) groups is 1. The van der Waals surface area contributed by atoms with Gasteiger partial charge < -0.3 is 4.74 Å². The van der Waals surface area contributed by atoms with Crippen LogP contribution in [0.3, 0.4) is 0 Å². The van der Waals surface area contributed by atoms with Crippen molar-refractivity contribution in [1.82, 2.24) is 9.55 Å². The van der Waals surface area contributed by atoms with Crippen molar-refractivity contribution in [2.45, 2.75) is 39.7 Å². The number of thiophene rings is 1. The van der Waals surface area contributed by atoms with Gasteiger partial charge in [0.2, 0.25) is 0 Å². The minimum Gasteiger partial charge on any atom is -0.464 e. The Kier molecular flexibility index (Phi) is 5.52. The first-order valence-corrected chi connectivity index (χ1v) is 9.69. The molecule has 0 aliphatic carbocycles. The van der Waals surface area contributed by atoms with E-state index in [0.29, 0.717) is 16.8 Å². The summed E-state index contributed by atoms with van der Waals surface area (Å²) >= 11 is 1.43. The van der Waals surface area contributed by atoms with Crippen molar-refractivity contribution in [2.24, 2.45) is 0 Å². The fraction of sp³-hybridized carbons (Fsp3) is 0.350. The van der Waals surface area contributed by atoms with E-state index in [0.717, 1.165) is 24.0 Å². The molecular weight excluding hydrogens is 348 g/mol. The monoisotopic (exact) mass is 370 g/mol. The predicted molar refractivity (Wildman–Crippen MR) is 105 cm³/mol. The van der Waals surface area contributed by atoms with Gasteiger partial charge in [0.15, 0.2) is 0 Å². The van der Waals surface area contributed by atoms with Gasteiger partial charge in [0.25, 0.3) is 5.56 Å². The molecule has 0 radical (unpaired) electrons. The van der Waals surface area contributed by atoms with Gasteiger partial charge in [-0.3, -0.25) is 9.36 Å². The molecule has 0 N–H and O–H groups in total. The molecule has 3 rings (SSSR count). The van der Waals surface area contributed by atoms with Crippen molar-refractivity contribution in [1.29, 1.82) is 0 Å². The molecule has 6 heteroatoms. The maximum Gasteiger partial charge on any atom is 0.328 e. The van der Waals surface area contributed by atoms with Crippen LogP contribution in [0.5, 0.6) is 0 Å².